The molecule has 6 heteroatoms. The van der Waals surface area contributed by atoms with Gasteiger partial charge in [-0.2, -0.15) is 0 Å². The average molecular weight is 347 g/mol. The maximum absolute atomic E-state index is 12.5. The van der Waals surface area contributed by atoms with Crippen molar-refractivity contribution in [2.75, 3.05) is 26.6 Å². The molecule has 1 heterocycles. The number of thiophene rings is 1. The Bertz CT molecular complexity index is 730. The average Bonchev–Trinajstić information content (AvgIpc) is 3.27. The van der Waals surface area contributed by atoms with E-state index in [1.165, 1.54) is 10.4 Å². The van der Waals surface area contributed by atoms with E-state index in [-0.39, 0.29) is 11.8 Å². The highest BCUT2D eigenvalue weighted by Gasteiger charge is 2.45. The molecule has 1 amide bonds. The maximum atomic E-state index is 12.5. The van der Waals surface area contributed by atoms with Crippen LogP contribution >= 0.6 is 11.3 Å². The monoisotopic (exact) mass is 347 g/mol. The third-order valence-electron chi connectivity index (χ3n) is 4.30. The lowest BCUT2D eigenvalue weighted by Gasteiger charge is -2.14. The minimum Gasteiger partial charge on any atom is -0.493 e. The van der Waals surface area contributed by atoms with Crippen LogP contribution in [0.5, 0.6) is 17.2 Å². The minimum absolute atomic E-state index is 0.0291. The van der Waals surface area contributed by atoms with Crippen molar-refractivity contribution in [3.63, 3.8) is 0 Å². The van der Waals surface area contributed by atoms with Gasteiger partial charge in [0.15, 0.2) is 11.5 Å². The van der Waals surface area contributed by atoms with Crippen LogP contribution in [0.25, 0.3) is 0 Å². The number of carbonyl (C=O) groups excluding carboxylic acids is 1. The van der Waals surface area contributed by atoms with Gasteiger partial charge < -0.3 is 19.5 Å². The Kier molecular flexibility index (Phi) is 4.66. The molecular weight excluding hydrogens is 326 g/mol. The van der Waals surface area contributed by atoms with Gasteiger partial charge in [-0.15, -0.1) is 11.3 Å². The summed E-state index contributed by atoms with van der Waals surface area (Å²) >= 11 is 1.73. The van der Waals surface area contributed by atoms with Crippen LogP contribution < -0.4 is 19.5 Å². The van der Waals surface area contributed by atoms with E-state index in [0.29, 0.717) is 28.9 Å². The highest BCUT2D eigenvalue weighted by Crippen LogP contribution is 2.51. The molecule has 24 heavy (non-hydrogen) atoms. The van der Waals surface area contributed by atoms with Gasteiger partial charge in [0.05, 0.1) is 21.3 Å². The molecule has 128 valence electrons. The Labute approximate surface area is 145 Å². The van der Waals surface area contributed by atoms with Crippen molar-refractivity contribution in [1.29, 1.82) is 0 Å². The highest BCUT2D eigenvalue weighted by atomic mass is 32.1. The molecule has 0 radical (unpaired) electrons. The molecule has 0 saturated heterocycles. The van der Waals surface area contributed by atoms with Gasteiger partial charge in [-0.1, -0.05) is 0 Å². The molecule has 0 unspecified atom stereocenters. The Morgan fingerprint density at radius 3 is 2.33 bits per heavy atom. The summed E-state index contributed by atoms with van der Waals surface area (Å²) in [5.74, 6) is 1.95. The molecule has 0 aliphatic heterocycles. The Hall–Kier alpha value is -2.21. The second-order valence-corrected chi connectivity index (χ2v) is 6.77. The van der Waals surface area contributed by atoms with E-state index in [0.717, 1.165) is 6.42 Å². The number of ether oxygens (including phenoxy) is 3. The third-order valence-corrected chi connectivity index (χ3v) is 5.45. The summed E-state index contributed by atoms with van der Waals surface area (Å²) in [6.07, 6.45) is 0.900. The van der Waals surface area contributed by atoms with Crippen molar-refractivity contribution in [2.24, 2.45) is 5.92 Å². The smallest absolute Gasteiger partial charge is 0.228 e. The van der Waals surface area contributed by atoms with Gasteiger partial charge in [0, 0.05) is 34.5 Å². The van der Waals surface area contributed by atoms with Crippen molar-refractivity contribution in [2.45, 2.75) is 19.3 Å². The van der Waals surface area contributed by atoms with E-state index >= 15 is 0 Å². The van der Waals surface area contributed by atoms with Gasteiger partial charge in [-0.05, 0) is 30.4 Å². The molecular formula is C18H21NO4S. The van der Waals surface area contributed by atoms with Crippen LogP contribution in [0.4, 0.5) is 5.69 Å². The Morgan fingerprint density at radius 1 is 1.17 bits per heavy atom. The number of hydrogen-bond acceptors (Lipinski definition) is 5. The molecule has 0 bridgehead atoms. The first-order chi connectivity index (χ1) is 11.6. The quantitative estimate of drug-likeness (QED) is 0.863. The lowest BCUT2D eigenvalue weighted by Crippen LogP contribution is -2.14. The molecule has 1 N–H and O–H groups in total. The van der Waals surface area contributed by atoms with Crippen LogP contribution in [-0.4, -0.2) is 27.2 Å². The first kappa shape index (κ1) is 16.6. The molecule has 1 aliphatic carbocycles. The summed E-state index contributed by atoms with van der Waals surface area (Å²) in [6.45, 7) is 2.10. The van der Waals surface area contributed by atoms with Crippen molar-refractivity contribution in [3.05, 3.63) is 34.0 Å². The normalized spacial score (nSPS) is 18.8. The van der Waals surface area contributed by atoms with Gasteiger partial charge >= 0.3 is 0 Å². The molecule has 1 fully saturated rings. The summed E-state index contributed by atoms with van der Waals surface area (Å²) in [4.78, 5) is 13.8. The first-order valence-electron chi connectivity index (χ1n) is 7.73. The van der Waals surface area contributed by atoms with Crippen LogP contribution in [-0.2, 0) is 4.79 Å². The first-order valence-corrected chi connectivity index (χ1v) is 8.61. The zero-order chi connectivity index (χ0) is 17.3. The molecule has 5 nitrogen and oxygen atoms in total. The fourth-order valence-corrected chi connectivity index (χ4v) is 4.04. The van der Waals surface area contributed by atoms with Gasteiger partial charge in [-0.25, -0.2) is 0 Å². The fourth-order valence-electron chi connectivity index (χ4n) is 2.93. The standard InChI is InChI=1S/C18H21NO4S/c1-10-5-6-24-17(10)12-9-13(12)18(20)19-11-7-14(21-2)16(23-4)15(8-11)22-3/h5-8,12-13H,9H2,1-4H3,(H,19,20)/t12-,13+/m1/s1. The summed E-state index contributed by atoms with van der Waals surface area (Å²) in [5, 5.41) is 5.05. The van der Waals surface area contributed by atoms with E-state index in [9.17, 15) is 4.79 Å². The number of benzene rings is 1. The Balaban J connectivity index is 1.75. The summed E-state index contributed by atoms with van der Waals surface area (Å²) in [5.41, 5.74) is 1.91. The fraction of sp³-hybridized carbons (Fsp3) is 0.389. The number of hydrogen-bond donors (Lipinski definition) is 1. The van der Waals surface area contributed by atoms with E-state index in [1.807, 2.05) is 0 Å². The Morgan fingerprint density at radius 2 is 1.83 bits per heavy atom. The number of nitrogens with one attached hydrogen (secondary N) is 1. The number of aryl methyl sites for hydroxylation is 1. The summed E-state index contributed by atoms with van der Waals surface area (Å²) < 4.78 is 15.9. The van der Waals surface area contributed by atoms with E-state index in [4.69, 9.17) is 14.2 Å². The summed E-state index contributed by atoms with van der Waals surface area (Å²) in [7, 11) is 4.66. The number of carbonyl (C=O) groups is 1. The van der Waals surface area contributed by atoms with Crippen LogP contribution in [0.15, 0.2) is 23.6 Å². The maximum Gasteiger partial charge on any atom is 0.228 e. The number of methoxy groups -OCH3 is 3. The predicted molar refractivity (Wildman–Crippen MR) is 94.6 cm³/mol. The van der Waals surface area contributed by atoms with Gasteiger partial charge in [-0.3, -0.25) is 4.79 Å². The molecule has 1 aliphatic rings. The minimum atomic E-state index is 0.0291. The van der Waals surface area contributed by atoms with Crippen LogP contribution in [0.3, 0.4) is 0 Å². The second kappa shape index (κ2) is 6.73. The third kappa shape index (κ3) is 3.06. The van der Waals surface area contributed by atoms with Crippen LogP contribution in [0.1, 0.15) is 22.8 Å². The number of rotatable bonds is 6. The number of amides is 1. The molecule has 2 aromatic rings. The van der Waals surface area contributed by atoms with E-state index in [1.54, 1.807) is 44.8 Å². The van der Waals surface area contributed by atoms with E-state index in [2.05, 4.69) is 23.7 Å². The molecule has 1 aromatic carbocycles. The van der Waals surface area contributed by atoms with Gasteiger partial charge in [0.2, 0.25) is 11.7 Å². The SMILES string of the molecule is COc1cc(NC(=O)[C@H]2C[C@H]2c2sccc2C)cc(OC)c1OC. The zero-order valence-electron chi connectivity index (χ0n) is 14.2. The highest BCUT2D eigenvalue weighted by molar-refractivity contribution is 7.10. The zero-order valence-corrected chi connectivity index (χ0v) is 15.0. The van der Waals surface area contributed by atoms with Gasteiger partial charge in [0.25, 0.3) is 0 Å². The molecule has 1 aromatic heterocycles. The second-order valence-electron chi connectivity index (χ2n) is 5.82. The molecule has 3 rings (SSSR count). The molecule has 2 atom stereocenters. The largest absolute Gasteiger partial charge is 0.493 e. The summed E-state index contributed by atoms with van der Waals surface area (Å²) in [6, 6.07) is 5.59. The number of anilines is 1. The van der Waals surface area contributed by atoms with E-state index < -0.39 is 0 Å². The lowest BCUT2D eigenvalue weighted by molar-refractivity contribution is -0.117. The van der Waals surface area contributed by atoms with Gasteiger partial charge in [0.1, 0.15) is 0 Å². The predicted octanol–water partition coefficient (Wildman–Crippen LogP) is 3.82. The van der Waals surface area contributed by atoms with Crippen molar-refractivity contribution in [1.82, 2.24) is 0 Å². The molecule has 1 saturated carbocycles. The van der Waals surface area contributed by atoms with Crippen molar-refractivity contribution < 1.29 is 19.0 Å². The molecule has 0 spiro atoms. The topological polar surface area (TPSA) is 56.8 Å². The van der Waals surface area contributed by atoms with Crippen molar-refractivity contribution >= 4 is 22.9 Å². The van der Waals surface area contributed by atoms with Crippen LogP contribution in [0.2, 0.25) is 0 Å². The lowest BCUT2D eigenvalue weighted by atomic mass is 10.2. The van der Waals surface area contributed by atoms with Crippen molar-refractivity contribution in [3.8, 4) is 17.2 Å². The van der Waals surface area contributed by atoms with Crippen LogP contribution in [0, 0.1) is 12.8 Å².